The lowest BCUT2D eigenvalue weighted by molar-refractivity contribution is -0.908. The number of aromatic nitrogens is 2. The van der Waals surface area contributed by atoms with E-state index >= 15 is 0 Å². The molecule has 0 bridgehead atoms. The zero-order valence-corrected chi connectivity index (χ0v) is 17.4. The summed E-state index contributed by atoms with van der Waals surface area (Å²) in [6.07, 6.45) is 0.538. The Kier molecular flexibility index (Phi) is 5.36. The highest BCUT2D eigenvalue weighted by molar-refractivity contribution is 7.18. The van der Waals surface area contributed by atoms with Gasteiger partial charge in [-0.2, -0.15) is 0 Å². The Morgan fingerprint density at radius 1 is 1.24 bits per heavy atom. The maximum atomic E-state index is 13.1. The molecular formula is C19H25N3O6S. The predicted octanol–water partition coefficient (Wildman–Crippen LogP) is -2.26. The maximum absolute atomic E-state index is 13.1. The summed E-state index contributed by atoms with van der Waals surface area (Å²) in [5.74, 6) is -1.46. The fourth-order valence-electron chi connectivity index (χ4n) is 4.05. The van der Waals surface area contributed by atoms with E-state index in [0.29, 0.717) is 49.5 Å². The fraction of sp³-hybridized carbons (Fsp3) is 0.632. The van der Waals surface area contributed by atoms with E-state index in [-0.39, 0.29) is 0 Å². The van der Waals surface area contributed by atoms with Crippen molar-refractivity contribution in [3.8, 4) is 0 Å². The molecule has 2 aliphatic heterocycles. The number of ether oxygens (including phenoxy) is 2. The minimum atomic E-state index is -1.46. The lowest BCUT2D eigenvalue weighted by Crippen LogP contribution is -3.14. The average Bonchev–Trinajstić information content (AvgIpc) is 3.03. The molecule has 0 aliphatic carbocycles. The highest BCUT2D eigenvalue weighted by Crippen LogP contribution is 2.37. The highest BCUT2D eigenvalue weighted by Gasteiger charge is 2.32. The summed E-state index contributed by atoms with van der Waals surface area (Å²) in [5, 5.41) is 11.6. The van der Waals surface area contributed by atoms with E-state index in [4.69, 9.17) is 9.47 Å². The molecule has 0 atom stereocenters. The third-order valence-electron chi connectivity index (χ3n) is 5.61. The van der Waals surface area contributed by atoms with Crippen molar-refractivity contribution < 1.29 is 24.3 Å². The molecule has 1 fully saturated rings. The van der Waals surface area contributed by atoms with Gasteiger partial charge in [-0.3, -0.25) is 13.9 Å². The Bertz CT molecular complexity index is 1060. The average molecular weight is 423 g/mol. The molecule has 1 saturated heterocycles. The summed E-state index contributed by atoms with van der Waals surface area (Å²) in [7, 11) is 0. The number of carboxylic acids is 1. The number of aliphatic carboxylic acids is 1. The van der Waals surface area contributed by atoms with E-state index in [1.165, 1.54) is 16.2 Å². The van der Waals surface area contributed by atoms with E-state index in [1.807, 2.05) is 13.8 Å². The first kappa shape index (κ1) is 20.3. The summed E-state index contributed by atoms with van der Waals surface area (Å²) in [6.45, 7) is 7.74. The summed E-state index contributed by atoms with van der Waals surface area (Å²) < 4.78 is 13.6. The molecule has 0 saturated carbocycles. The Balaban J connectivity index is 1.84. The summed E-state index contributed by atoms with van der Waals surface area (Å²) in [5.41, 5.74) is -0.714. The minimum absolute atomic E-state index is 0.379. The van der Waals surface area contributed by atoms with Crippen molar-refractivity contribution in [2.24, 2.45) is 0 Å². The SMILES string of the molecule is CC1(C)Cc2c(sc3c2c(=O)n(CC(=O)[O-])c(=O)n3CC[NH+]2CCOCC2)CO1. The van der Waals surface area contributed by atoms with Gasteiger partial charge < -0.3 is 24.3 Å². The molecule has 0 radical (unpaired) electrons. The van der Waals surface area contributed by atoms with Crippen LogP contribution in [0.2, 0.25) is 0 Å². The molecule has 10 heteroatoms. The maximum Gasteiger partial charge on any atom is 0.332 e. The van der Waals surface area contributed by atoms with Crippen LogP contribution in [-0.2, 0) is 40.4 Å². The Labute approximate surface area is 171 Å². The van der Waals surface area contributed by atoms with Crippen LogP contribution >= 0.6 is 11.3 Å². The number of thiophene rings is 1. The zero-order valence-electron chi connectivity index (χ0n) is 16.6. The van der Waals surface area contributed by atoms with Crippen molar-refractivity contribution in [2.45, 2.75) is 45.6 Å². The van der Waals surface area contributed by atoms with Gasteiger partial charge in [-0.15, -0.1) is 11.3 Å². The molecule has 4 rings (SSSR count). The van der Waals surface area contributed by atoms with Crippen LogP contribution in [0, 0.1) is 0 Å². The quantitative estimate of drug-likeness (QED) is 0.582. The minimum Gasteiger partial charge on any atom is -0.548 e. The molecule has 0 amide bonds. The van der Waals surface area contributed by atoms with E-state index in [2.05, 4.69) is 0 Å². The Morgan fingerprint density at radius 2 is 1.97 bits per heavy atom. The van der Waals surface area contributed by atoms with Crippen molar-refractivity contribution >= 4 is 27.5 Å². The van der Waals surface area contributed by atoms with Crippen molar-refractivity contribution in [2.75, 3.05) is 32.8 Å². The summed E-state index contributed by atoms with van der Waals surface area (Å²) in [4.78, 5) is 40.2. The number of hydrogen-bond donors (Lipinski definition) is 1. The van der Waals surface area contributed by atoms with Crippen molar-refractivity contribution in [1.29, 1.82) is 0 Å². The van der Waals surface area contributed by atoms with E-state index in [0.717, 1.165) is 28.1 Å². The predicted molar refractivity (Wildman–Crippen MR) is 104 cm³/mol. The third-order valence-corrected chi connectivity index (χ3v) is 6.84. The lowest BCUT2D eigenvalue weighted by Gasteiger charge is -2.29. The van der Waals surface area contributed by atoms with Gasteiger partial charge in [-0.25, -0.2) is 4.79 Å². The van der Waals surface area contributed by atoms with Gasteiger partial charge in [0, 0.05) is 11.3 Å². The number of fused-ring (bicyclic) bond motifs is 3. The smallest absolute Gasteiger partial charge is 0.332 e. The highest BCUT2D eigenvalue weighted by atomic mass is 32.1. The van der Waals surface area contributed by atoms with Crippen molar-refractivity contribution in [3.05, 3.63) is 31.3 Å². The number of carboxylic acid groups (broad SMARTS) is 1. The lowest BCUT2D eigenvalue weighted by atomic mass is 9.94. The van der Waals surface area contributed by atoms with Crippen LogP contribution in [0.25, 0.3) is 10.2 Å². The molecule has 4 heterocycles. The molecule has 2 aromatic rings. The largest absolute Gasteiger partial charge is 0.548 e. The molecule has 29 heavy (non-hydrogen) atoms. The van der Waals surface area contributed by atoms with Gasteiger partial charge in [-0.05, 0) is 19.4 Å². The number of carbonyl (C=O) groups excluding carboxylic acids is 1. The molecule has 9 nitrogen and oxygen atoms in total. The second-order valence-electron chi connectivity index (χ2n) is 8.22. The molecule has 2 aromatic heterocycles. The van der Waals surface area contributed by atoms with Crippen LogP contribution in [0.1, 0.15) is 24.3 Å². The second-order valence-corrected chi connectivity index (χ2v) is 9.30. The normalized spacial score (nSPS) is 19.4. The molecule has 1 N–H and O–H groups in total. The number of carbonyl (C=O) groups is 1. The van der Waals surface area contributed by atoms with Gasteiger partial charge in [-0.1, -0.05) is 0 Å². The number of quaternary nitrogens is 1. The van der Waals surface area contributed by atoms with Gasteiger partial charge in [0.05, 0.1) is 56.4 Å². The van der Waals surface area contributed by atoms with Gasteiger partial charge in [0.15, 0.2) is 0 Å². The second kappa shape index (κ2) is 7.67. The Morgan fingerprint density at radius 3 is 2.66 bits per heavy atom. The van der Waals surface area contributed by atoms with Gasteiger partial charge in [0.1, 0.15) is 17.9 Å². The van der Waals surface area contributed by atoms with Gasteiger partial charge >= 0.3 is 5.69 Å². The third kappa shape index (κ3) is 3.89. The van der Waals surface area contributed by atoms with E-state index < -0.39 is 29.4 Å². The van der Waals surface area contributed by atoms with Crippen LogP contribution in [0.15, 0.2) is 9.59 Å². The number of nitrogens with one attached hydrogen (secondary N) is 1. The first-order chi connectivity index (χ1) is 13.8. The number of hydrogen-bond acceptors (Lipinski definition) is 7. The van der Waals surface area contributed by atoms with Gasteiger partial charge in [0.25, 0.3) is 5.56 Å². The van der Waals surface area contributed by atoms with Crippen LogP contribution < -0.4 is 21.3 Å². The van der Waals surface area contributed by atoms with Crippen molar-refractivity contribution in [1.82, 2.24) is 9.13 Å². The van der Waals surface area contributed by atoms with Crippen LogP contribution in [0.4, 0.5) is 0 Å². The Hall–Kier alpha value is -2.01. The zero-order chi connectivity index (χ0) is 20.8. The molecular weight excluding hydrogens is 398 g/mol. The fourth-order valence-corrected chi connectivity index (χ4v) is 5.29. The summed E-state index contributed by atoms with van der Waals surface area (Å²) in [6, 6.07) is 0. The van der Waals surface area contributed by atoms with Crippen molar-refractivity contribution in [3.63, 3.8) is 0 Å². The van der Waals surface area contributed by atoms with E-state index in [1.54, 1.807) is 4.57 Å². The monoisotopic (exact) mass is 423 g/mol. The van der Waals surface area contributed by atoms with E-state index in [9.17, 15) is 19.5 Å². The first-order valence-corrected chi connectivity index (χ1v) is 10.6. The van der Waals surface area contributed by atoms with Crippen LogP contribution in [-0.4, -0.2) is 53.6 Å². The standard InChI is InChI=1S/C19H25N3O6S/c1-19(2)9-12-13(11-28-19)29-17-15(12)16(25)22(10-14(23)24)18(26)21(17)4-3-20-5-7-27-8-6-20/h3-11H2,1-2H3,(H,23,24). The molecule has 0 aromatic carbocycles. The van der Waals surface area contributed by atoms with Crippen LogP contribution in [0.3, 0.4) is 0 Å². The number of nitrogens with zero attached hydrogens (tertiary/aromatic N) is 2. The first-order valence-electron chi connectivity index (χ1n) is 9.80. The molecule has 2 aliphatic rings. The molecule has 158 valence electrons. The number of morpholine rings is 1. The number of rotatable bonds is 5. The summed E-state index contributed by atoms with van der Waals surface area (Å²) >= 11 is 1.40. The molecule has 0 spiro atoms. The van der Waals surface area contributed by atoms with Crippen LogP contribution in [0.5, 0.6) is 0 Å². The van der Waals surface area contributed by atoms with Gasteiger partial charge in [0.2, 0.25) is 0 Å². The topological polar surface area (TPSA) is 107 Å². The molecule has 0 unspecified atom stereocenters.